The van der Waals surface area contributed by atoms with Crippen molar-refractivity contribution in [1.82, 2.24) is 0 Å². The molecule has 1 amide bonds. The second-order valence-electron chi connectivity index (χ2n) is 6.94. The van der Waals surface area contributed by atoms with E-state index in [2.05, 4.69) is 0 Å². The first-order valence-corrected chi connectivity index (χ1v) is 9.43. The molecular formula is C24H18N2O4. The number of carboxylic acid groups (broad SMARTS) is 1. The van der Waals surface area contributed by atoms with E-state index in [-0.39, 0.29) is 12.5 Å². The third-order valence-corrected chi connectivity index (χ3v) is 5.16. The smallest absolute Gasteiger partial charge is 0.414 e. The lowest BCUT2D eigenvalue weighted by molar-refractivity contribution is -0.135. The second kappa shape index (κ2) is 8.10. The molecule has 0 saturated heterocycles. The molecule has 0 heterocycles. The summed E-state index contributed by atoms with van der Waals surface area (Å²) in [4.78, 5) is 25.1. The van der Waals surface area contributed by atoms with Crippen LogP contribution in [0.4, 0.5) is 10.5 Å². The van der Waals surface area contributed by atoms with E-state index in [9.17, 15) is 14.7 Å². The SMILES string of the molecule is N#Cc1ccc(N(CC(=O)O)C(=O)OCC2c3ccccc3-c3ccccc32)cc1. The van der Waals surface area contributed by atoms with E-state index >= 15 is 0 Å². The molecule has 0 aromatic heterocycles. The van der Waals surface area contributed by atoms with Gasteiger partial charge in [0.15, 0.2) is 0 Å². The molecule has 30 heavy (non-hydrogen) atoms. The fourth-order valence-corrected chi connectivity index (χ4v) is 3.78. The third-order valence-electron chi connectivity index (χ3n) is 5.16. The van der Waals surface area contributed by atoms with E-state index in [1.54, 1.807) is 0 Å². The molecule has 0 fully saturated rings. The molecule has 6 nitrogen and oxygen atoms in total. The Hall–Kier alpha value is -4.11. The Bertz CT molecular complexity index is 1100. The first-order chi connectivity index (χ1) is 14.6. The second-order valence-corrected chi connectivity index (χ2v) is 6.94. The van der Waals surface area contributed by atoms with Gasteiger partial charge >= 0.3 is 12.1 Å². The Morgan fingerprint density at radius 1 is 0.933 bits per heavy atom. The zero-order valence-corrected chi connectivity index (χ0v) is 16.0. The topological polar surface area (TPSA) is 90.6 Å². The summed E-state index contributed by atoms with van der Waals surface area (Å²) >= 11 is 0. The zero-order valence-electron chi connectivity index (χ0n) is 16.0. The van der Waals surface area contributed by atoms with Gasteiger partial charge in [0, 0.05) is 11.6 Å². The quantitative estimate of drug-likeness (QED) is 0.688. The van der Waals surface area contributed by atoms with Crippen LogP contribution in [0.5, 0.6) is 0 Å². The Balaban J connectivity index is 1.56. The summed E-state index contributed by atoms with van der Waals surface area (Å²) in [5.74, 6) is -1.28. The van der Waals surface area contributed by atoms with Gasteiger partial charge in [-0.3, -0.25) is 9.69 Å². The Labute approximate surface area is 173 Å². The summed E-state index contributed by atoms with van der Waals surface area (Å²) in [6, 6.07) is 24.1. The minimum absolute atomic E-state index is 0.0965. The highest BCUT2D eigenvalue weighted by Gasteiger charge is 2.30. The van der Waals surface area contributed by atoms with Gasteiger partial charge in [-0.15, -0.1) is 0 Å². The van der Waals surface area contributed by atoms with Crippen LogP contribution in [0.1, 0.15) is 22.6 Å². The van der Waals surface area contributed by atoms with Gasteiger partial charge in [0.05, 0.1) is 11.6 Å². The third kappa shape index (κ3) is 3.61. The lowest BCUT2D eigenvalue weighted by Crippen LogP contribution is -2.36. The number of amides is 1. The molecule has 0 radical (unpaired) electrons. The van der Waals surface area contributed by atoms with Gasteiger partial charge in [0.1, 0.15) is 13.2 Å². The summed E-state index contributed by atoms with van der Waals surface area (Å²) in [6.45, 7) is -0.443. The van der Waals surface area contributed by atoms with E-state index in [4.69, 9.17) is 10.00 Å². The molecule has 0 bridgehead atoms. The van der Waals surface area contributed by atoms with E-state index in [1.165, 1.54) is 24.3 Å². The molecule has 148 valence electrons. The number of rotatable bonds is 5. The lowest BCUT2D eigenvalue weighted by atomic mass is 9.98. The molecule has 3 aromatic rings. The molecule has 6 heteroatoms. The number of ether oxygens (including phenoxy) is 1. The van der Waals surface area contributed by atoms with Crippen molar-refractivity contribution in [2.75, 3.05) is 18.1 Å². The van der Waals surface area contributed by atoms with Crippen LogP contribution in [0, 0.1) is 11.3 Å². The van der Waals surface area contributed by atoms with E-state index in [0.717, 1.165) is 27.2 Å². The predicted octanol–water partition coefficient (Wildman–Crippen LogP) is 4.40. The monoisotopic (exact) mass is 398 g/mol. The number of carbonyl (C=O) groups is 2. The van der Waals surface area contributed by atoms with Crippen molar-refractivity contribution < 1.29 is 19.4 Å². The molecule has 0 spiro atoms. The molecule has 1 aliphatic rings. The van der Waals surface area contributed by atoms with E-state index in [1.807, 2.05) is 54.6 Å². The lowest BCUT2D eigenvalue weighted by Gasteiger charge is -2.22. The maximum absolute atomic E-state index is 12.8. The molecule has 1 aliphatic carbocycles. The number of aliphatic carboxylic acids is 1. The van der Waals surface area contributed by atoms with Crippen molar-refractivity contribution in [2.45, 2.75) is 5.92 Å². The van der Waals surface area contributed by atoms with Gasteiger partial charge in [0.25, 0.3) is 0 Å². The van der Waals surface area contributed by atoms with E-state index in [0.29, 0.717) is 11.3 Å². The van der Waals surface area contributed by atoms with Crippen LogP contribution in [0.25, 0.3) is 11.1 Å². The van der Waals surface area contributed by atoms with Crippen molar-refractivity contribution in [3.63, 3.8) is 0 Å². The summed E-state index contributed by atoms with van der Waals surface area (Å²) in [6.07, 6.45) is -0.746. The maximum atomic E-state index is 12.8. The first kappa shape index (κ1) is 19.2. The Morgan fingerprint density at radius 3 is 2.03 bits per heavy atom. The molecule has 4 rings (SSSR count). The van der Waals surface area contributed by atoms with Gasteiger partial charge in [-0.25, -0.2) is 4.79 Å². The van der Waals surface area contributed by atoms with Gasteiger partial charge < -0.3 is 9.84 Å². The van der Waals surface area contributed by atoms with Crippen LogP contribution in [-0.2, 0) is 9.53 Å². The number of anilines is 1. The highest BCUT2D eigenvalue weighted by molar-refractivity contribution is 5.93. The predicted molar refractivity (Wildman–Crippen MR) is 111 cm³/mol. The molecule has 0 atom stereocenters. The zero-order chi connectivity index (χ0) is 21.1. The minimum Gasteiger partial charge on any atom is -0.480 e. The molecular weight excluding hydrogens is 380 g/mol. The number of nitriles is 1. The molecule has 0 unspecified atom stereocenters. The first-order valence-electron chi connectivity index (χ1n) is 9.43. The number of nitrogens with zero attached hydrogens (tertiary/aromatic N) is 2. The summed E-state index contributed by atoms with van der Waals surface area (Å²) in [5.41, 5.74) is 5.16. The van der Waals surface area contributed by atoms with Crippen LogP contribution in [-0.4, -0.2) is 30.3 Å². The fourth-order valence-electron chi connectivity index (χ4n) is 3.78. The Kier molecular flexibility index (Phi) is 5.19. The number of hydrogen-bond donors (Lipinski definition) is 1. The molecule has 1 N–H and O–H groups in total. The van der Waals surface area contributed by atoms with Gasteiger partial charge in [-0.2, -0.15) is 5.26 Å². The molecule has 0 saturated carbocycles. The van der Waals surface area contributed by atoms with Crippen LogP contribution in [0.2, 0.25) is 0 Å². The van der Waals surface area contributed by atoms with Gasteiger partial charge in [-0.1, -0.05) is 48.5 Å². The summed E-state index contributed by atoms with van der Waals surface area (Å²) < 4.78 is 5.57. The van der Waals surface area contributed by atoms with Crippen molar-refractivity contribution in [1.29, 1.82) is 5.26 Å². The highest BCUT2D eigenvalue weighted by Crippen LogP contribution is 2.44. The van der Waals surface area contributed by atoms with E-state index < -0.39 is 18.6 Å². The number of carboxylic acids is 1. The van der Waals surface area contributed by atoms with Crippen molar-refractivity contribution >= 4 is 17.7 Å². The number of benzene rings is 3. The highest BCUT2D eigenvalue weighted by atomic mass is 16.6. The maximum Gasteiger partial charge on any atom is 0.414 e. The largest absolute Gasteiger partial charge is 0.480 e. The van der Waals surface area contributed by atoms with Crippen molar-refractivity contribution in [2.24, 2.45) is 0 Å². The van der Waals surface area contributed by atoms with Gasteiger partial charge in [0.2, 0.25) is 0 Å². The summed E-state index contributed by atoms with van der Waals surface area (Å²) in [5, 5.41) is 18.2. The van der Waals surface area contributed by atoms with Crippen LogP contribution < -0.4 is 4.90 Å². The number of carbonyl (C=O) groups excluding carboxylic acids is 1. The van der Waals surface area contributed by atoms with Crippen molar-refractivity contribution in [3.8, 4) is 17.2 Å². The average molecular weight is 398 g/mol. The molecule has 0 aliphatic heterocycles. The van der Waals surface area contributed by atoms with Crippen LogP contribution in [0.3, 0.4) is 0 Å². The van der Waals surface area contributed by atoms with Gasteiger partial charge in [-0.05, 0) is 46.5 Å². The van der Waals surface area contributed by atoms with Crippen LogP contribution >= 0.6 is 0 Å². The normalized spacial score (nSPS) is 11.8. The molecule has 3 aromatic carbocycles. The number of fused-ring (bicyclic) bond motifs is 3. The van der Waals surface area contributed by atoms with Crippen molar-refractivity contribution in [3.05, 3.63) is 89.5 Å². The average Bonchev–Trinajstić information content (AvgIpc) is 3.09. The minimum atomic E-state index is -1.16. The Morgan fingerprint density at radius 2 is 1.50 bits per heavy atom. The summed E-state index contributed by atoms with van der Waals surface area (Å²) in [7, 11) is 0. The fraction of sp³-hybridized carbons (Fsp3) is 0.125. The number of hydrogen-bond acceptors (Lipinski definition) is 4. The standard InChI is InChI=1S/C24H18N2O4/c25-13-16-9-11-17(12-10-16)26(14-23(27)28)24(29)30-15-22-20-7-3-1-5-18(20)19-6-2-4-8-21(19)22/h1-12,22H,14-15H2,(H,27,28). The van der Waals surface area contributed by atoms with Crippen LogP contribution in [0.15, 0.2) is 72.8 Å².